The molecule has 1 aromatic heterocycles. The number of benzene rings is 2. The van der Waals surface area contributed by atoms with Crippen LogP contribution in [0.4, 0.5) is 4.39 Å². The van der Waals surface area contributed by atoms with Gasteiger partial charge in [-0.1, -0.05) is 73.4 Å². The second kappa shape index (κ2) is 10.3. The summed E-state index contributed by atoms with van der Waals surface area (Å²) in [7, 11) is 0. The maximum absolute atomic E-state index is 12.4. The summed E-state index contributed by atoms with van der Waals surface area (Å²) in [5, 5.41) is 0. The Hall–Kier alpha value is -3.25. The van der Waals surface area contributed by atoms with E-state index in [0.717, 1.165) is 29.5 Å². The highest BCUT2D eigenvalue weighted by molar-refractivity contribution is 5.68. The minimum absolute atomic E-state index is 0.0657. The Balaban J connectivity index is 1.65. The van der Waals surface area contributed by atoms with Crippen LogP contribution >= 0.6 is 0 Å². The van der Waals surface area contributed by atoms with Crippen LogP contribution in [-0.4, -0.2) is 16.6 Å². The largest absolute Gasteiger partial charge is 0.251 e. The molecular formula is C26H25FN2. The molecule has 0 radical (unpaired) electrons. The average molecular weight is 384 g/mol. The number of hydrogen-bond acceptors (Lipinski definition) is 2. The first-order valence-electron chi connectivity index (χ1n) is 9.87. The Morgan fingerprint density at radius 3 is 2.14 bits per heavy atom. The molecule has 2 nitrogen and oxygen atoms in total. The van der Waals surface area contributed by atoms with Crippen molar-refractivity contribution < 1.29 is 4.39 Å². The molecule has 0 spiro atoms. The van der Waals surface area contributed by atoms with E-state index in [9.17, 15) is 4.39 Å². The van der Waals surface area contributed by atoms with Gasteiger partial charge in [-0.15, -0.1) is 6.58 Å². The molecule has 0 aliphatic carbocycles. The zero-order chi connectivity index (χ0) is 20.5. The van der Waals surface area contributed by atoms with E-state index in [1.807, 2.05) is 25.1 Å². The van der Waals surface area contributed by atoms with E-state index in [0.29, 0.717) is 12.2 Å². The Bertz CT molecular complexity index is 978. The van der Waals surface area contributed by atoms with E-state index in [1.165, 1.54) is 11.1 Å². The third-order valence-electron chi connectivity index (χ3n) is 4.72. The molecule has 2 aromatic carbocycles. The summed E-state index contributed by atoms with van der Waals surface area (Å²) >= 11 is 0. The summed E-state index contributed by atoms with van der Waals surface area (Å²) in [6.45, 7) is 5.38. The SMILES string of the molecule is C=CCc1ccc(-c2ccc(-c3ncc(C#CCCC(C)CF)cn3)cc2)cc1. The Morgan fingerprint density at radius 1 is 0.966 bits per heavy atom. The summed E-state index contributed by atoms with van der Waals surface area (Å²) in [4.78, 5) is 8.86. The summed E-state index contributed by atoms with van der Waals surface area (Å²) < 4.78 is 12.4. The van der Waals surface area contributed by atoms with Gasteiger partial charge < -0.3 is 0 Å². The van der Waals surface area contributed by atoms with Crippen molar-refractivity contribution >= 4 is 0 Å². The molecule has 0 saturated carbocycles. The van der Waals surface area contributed by atoms with Crippen LogP contribution in [0.1, 0.15) is 30.9 Å². The quantitative estimate of drug-likeness (QED) is 0.354. The molecule has 3 aromatic rings. The second-order valence-electron chi connectivity index (χ2n) is 7.16. The number of alkyl halides is 1. The highest BCUT2D eigenvalue weighted by Gasteiger charge is 2.03. The standard InChI is InChI=1S/C26H25FN2/c1-3-6-21-9-11-23(12-10-21)24-13-15-25(16-14-24)26-28-18-22(19-29-26)8-5-4-7-20(2)17-27/h3,9-16,18-20H,1,4,6-7,17H2,2H3. The third-order valence-corrected chi connectivity index (χ3v) is 4.72. The van der Waals surface area contributed by atoms with Gasteiger partial charge in [-0.05, 0) is 35.4 Å². The minimum Gasteiger partial charge on any atom is -0.251 e. The van der Waals surface area contributed by atoms with Crippen LogP contribution in [0.25, 0.3) is 22.5 Å². The van der Waals surface area contributed by atoms with E-state index in [4.69, 9.17) is 0 Å². The summed E-state index contributed by atoms with van der Waals surface area (Å²) in [6, 6.07) is 16.8. The predicted octanol–water partition coefficient (Wildman–Crippen LogP) is 6.28. The molecule has 1 unspecified atom stereocenters. The number of nitrogens with zero attached hydrogens (tertiary/aromatic N) is 2. The van der Waals surface area contributed by atoms with Crippen molar-refractivity contribution in [2.45, 2.75) is 26.2 Å². The highest BCUT2D eigenvalue weighted by Crippen LogP contribution is 2.23. The molecule has 0 N–H and O–H groups in total. The molecule has 0 amide bonds. The molecule has 1 heterocycles. The number of hydrogen-bond donors (Lipinski definition) is 0. The fourth-order valence-corrected chi connectivity index (χ4v) is 2.91. The van der Waals surface area contributed by atoms with Gasteiger partial charge in [0.15, 0.2) is 5.82 Å². The summed E-state index contributed by atoms with van der Waals surface area (Å²) in [6.07, 6.45) is 7.72. The van der Waals surface area contributed by atoms with E-state index in [-0.39, 0.29) is 12.6 Å². The molecule has 3 heteroatoms. The number of aromatic nitrogens is 2. The van der Waals surface area contributed by atoms with Crippen molar-refractivity contribution in [1.29, 1.82) is 0 Å². The third kappa shape index (κ3) is 5.86. The molecule has 3 rings (SSSR count). The number of rotatable bonds is 7. The fraction of sp³-hybridized carbons (Fsp3) is 0.231. The predicted molar refractivity (Wildman–Crippen MR) is 118 cm³/mol. The second-order valence-corrected chi connectivity index (χ2v) is 7.16. The molecular weight excluding hydrogens is 359 g/mol. The Morgan fingerprint density at radius 2 is 1.55 bits per heavy atom. The first kappa shape index (κ1) is 20.5. The van der Waals surface area contributed by atoms with Gasteiger partial charge in [0, 0.05) is 24.4 Å². The normalized spacial score (nSPS) is 11.4. The maximum Gasteiger partial charge on any atom is 0.159 e. The molecule has 0 saturated heterocycles. The van der Waals surface area contributed by atoms with Gasteiger partial charge in [0.2, 0.25) is 0 Å². The topological polar surface area (TPSA) is 25.8 Å². The van der Waals surface area contributed by atoms with Gasteiger partial charge in [-0.3, -0.25) is 4.39 Å². The van der Waals surface area contributed by atoms with Gasteiger partial charge in [-0.2, -0.15) is 0 Å². The van der Waals surface area contributed by atoms with Crippen LogP contribution in [0, 0.1) is 17.8 Å². The Labute approximate surface area is 172 Å². The minimum atomic E-state index is -0.293. The van der Waals surface area contributed by atoms with E-state index in [1.54, 1.807) is 12.4 Å². The fourth-order valence-electron chi connectivity index (χ4n) is 2.91. The molecule has 1 atom stereocenters. The molecule has 0 fully saturated rings. The van der Waals surface area contributed by atoms with Gasteiger partial charge >= 0.3 is 0 Å². The van der Waals surface area contributed by atoms with Crippen LogP contribution < -0.4 is 0 Å². The van der Waals surface area contributed by atoms with Crippen molar-refractivity contribution in [2.24, 2.45) is 5.92 Å². The van der Waals surface area contributed by atoms with Gasteiger partial charge in [0.1, 0.15) is 0 Å². The van der Waals surface area contributed by atoms with E-state index >= 15 is 0 Å². The van der Waals surface area contributed by atoms with Crippen molar-refractivity contribution in [3.8, 4) is 34.4 Å². The van der Waals surface area contributed by atoms with Crippen molar-refractivity contribution in [2.75, 3.05) is 6.67 Å². The van der Waals surface area contributed by atoms with Crippen LogP contribution in [0.2, 0.25) is 0 Å². The zero-order valence-electron chi connectivity index (χ0n) is 16.7. The first-order valence-corrected chi connectivity index (χ1v) is 9.87. The lowest BCUT2D eigenvalue weighted by atomic mass is 10.0. The number of halogens is 1. The number of allylic oxidation sites excluding steroid dienone is 1. The van der Waals surface area contributed by atoms with Crippen molar-refractivity contribution in [3.05, 3.63) is 84.7 Å². The van der Waals surface area contributed by atoms with Gasteiger partial charge in [0.05, 0.1) is 12.2 Å². The first-order chi connectivity index (χ1) is 14.2. The lowest BCUT2D eigenvalue weighted by Gasteiger charge is -2.05. The molecule has 0 aliphatic heterocycles. The average Bonchev–Trinajstić information content (AvgIpc) is 2.78. The van der Waals surface area contributed by atoms with Crippen LogP contribution in [0.5, 0.6) is 0 Å². The smallest absolute Gasteiger partial charge is 0.159 e. The van der Waals surface area contributed by atoms with Crippen LogP contribution in [0.3, 0.4) is 0 Å². The molecule has 29 heavy (non-hydrogen) atoms. The summed E-state index contributed by atoms with van der Waals surface area (Å²) in [5.41, 5.74) is 5.34. The summed E-state index contributed by atoms with van der Waals surface area (Å²) in [5.74, 6) is 6.85. The lowest BCUT2D eigenvalue weighted by molar-refractivity contribution is 0.369. The van der Waals surface area contributed by atoms with Gasteiger partial charge in [-0.25, -0.2) is 9.97 Å². The van der Waals surface area contributed by atoms with Gasteiger partial charge in [0.25, 0.3) is 0 Å². The molecule has 0 bridgehead atoms. The maximum atomic E-state index is 12.4. The van der Waals surface area contributed by atoms with Crippen molar-refractivity contribution in [1.82, 2.24) is 9.97 Å². The van der Waals surface area contributed by atoms with Crippen LogP contribution in [-0.2, 0) is 6.42 Å². The lowest BCUT2D eigenvalue weighted by Crippen LogP contribution is -1.95. The Kier molecular flexibility index (Phi) is 7.30. The molecule has 0 aliphatic rings. The molecule has 146 valence electrons. The highest BCUT2D eigenvalue weighted by atomic mass is 19.1. The van der Waals surface area contributed by atoms with Crippen molar-refractivity contribution in [3.63, 3.8) is 0 Å². The van der Waals surface area contributed by atoms with Crippen LogP contribution in [0.15, 0.2) is 73.6 Å². The monoisotopic (exact) mass is 384 g/mol. The zero-order valence-corrected chi connectivity index (χ0v) is 16.7. The van der Waals surface area contributed by atoms with E-state index < -0.39 is 0 Å². The van der Waals surface area contributed by atoms with E-state index in [2.05, 4.69) is 64.8 Å².